The first-order chi connectivity index (χ1) is 11.1. The van der Waals surface area contributed by atoms with Gasteiger partial charge in [-0.3, -0.25) is 14.5 Å². The second-order valence-corrected chi connectivity index (χ2v) is 5.90. The molecule has 1 amide bonds. The molecule has 7 nitrogen and oxygen atoms in total. The molecule has 2 heterocycles. The maximum Gasteiger partial charge on any atom is 0.278 e. The van der Waals surface area contributed by atoms with E-state index in [-0.39, 0.29) is 24.1 Å². The van der Waals surface area contributed by atoms with E-state index in [1.54, 1.807) is 24.3 Å². The summed E-state index contributed by atoms with van der Waals surface area (Å²) in [5, 5.41) is 8.40. The van der Waals surface area contributed by atoms with Gasteiger partial charge < -0.3 is 4.90 Å². The molecule has 1 aliphatic heterocycles. The molecular weight excluding hydrogens is 294 g/mol. The highest BCUT2D eigenvalue weighted by atomic mass is 16.2. The Morgan fingerprint density at radius 2 is 2.09 bits per heavy atom. The average molecular weight is 315 g/mol. The van der Waals surface area contributed by atoms with Crippen LogP contribution in [0.1, 0.15) is 13.8 Å². The summed E-state index contributed by atoms with van der Waals surface area (Å²) in [4.78, 5) is 29.1. The number of nitrogens with zero attached hydrogens (tertiary/aromatic N) is 5. The van der Waals surface area contributed by atoms with Crippen molar-refractivity contribution in [3.05, 3.63) is 34.6 Å². The lowest BCUT2D eigenvalue weighted by atomic mass is 10.2. The van der Waals surface area contributed by atoms with Gasteiger partial charge in [0.1, 0.15) is 12.1 Å². The summed E-state index contributed by atoms with van der Waals surface area (Å²) in [6, 6.07) is 7.17. The summed E-state index contributed by atoms with van der Waals surface area (Å²) in [5.74, 6) is -0.0834. The molecule has 0 N–H and O–H groups in total. The molecule has 0 unspecified atom stereocenters. The summed E-state index contributed by atoms with van der Waals surface area (Å²) in [6.45, 7) is 7.49. The van der Waals surface area contributed by atoms with Gasteiger partial charge in [0.05, 0.1) is 5.39 Å². The molecule has 1 aromatic heterocycles. The van der Waals surface area contributed by atoms with Crippen molar-refractivity contribution in [1.29, 1.82) is 0 Å². The molecule has 3 rings (SSSR count). The van der Waals surface area contributed by atoms with Crippen LogP contribution in [-0.2, 0) is 11.3 Å². The minimum atomic E-state index is -0.274. The van der Waals surface area contributed by atoms with Crippen LogP contribution in [0, 0.1) is 0 Å². The number of fused-ring (bicyclic) bond motifs is 1. The SMILES string of the molecule is CCN1CCN(C(=O)Cn2nnc3ccccc3c2=O)[C@@H](C)C1. The van der Waals surface area contributed by atoms with E-state index in [0.29, 0.717) is 17.4 Å². The van der Waals surface area contributed by atoms with Crippen molar-refractivity contribution in [3.63, 3.8) is 0 Å². The van der Waals surface area contributed by atoms with Gasteiger partial charge in [-0.25, -0.2) is 4.68 Å². The Bertz CT molecular complexity index is 772. The summed E-state index contributed by atoms with van der Waals surface area (Å²) in [6.07, 6.45) is 0. The zero-order chi connectivity index (χ0) is 16.4. The predicted octanol–water partition coefficient (Wildman–Crippen LogP) is 0.344. The lowest BCUT2D eigenvalue weighted by molar-refractivity contribution is -0.136. The molecule has 1 aliphatic rings. The number of likely N-dealkylation sites (N-methyl/N-ethyl adjacent to an activating group) is 1. The zero-order valence-corrected chi connectivity index (χ0v) is 13.5. The second kappa shape index (κ2) is 6.45. The Kier molecular flexibility index (Phi) is 4.38. The van der Waals surface area contributed by atoms with E-state index in [1.807, 2.05) is 11.8 Å². The number of hydrogen-bond donors (Lipinski definition) is 0. The van der Waals surface area contributed by atoms with Crippen LogP contribution in [0.3, 0.4) is 0 Å². The Balaban J connectivity index is 1.78. The van der Waals surface area contributed by atoms with Gasteiger partial charge in [-0.05, 0) is 25.6 Å². The van der Waals surface area contributed by atoms with Crippen molar-refractivity contribution in [1.82, 2.24) is 24.8 Å². The van der Waals surface area contributed by atoms with Crippen molar-refractivity contribution in [2.45, 2.75) is 26.4 Å². The topological polar surface area (TPSA) is 71.3 Å². The highest BCUT2D eigenvalue weighted by Gasteiger charge is 2.27. The normalized spacial score (nSPS) is 19.2. The van der Waals surface area contributed by atoms with Gasteiger partial charge in [0, 0.05) is 25.7 Å². The minimum Gasteiger partial charge on any atom is -0.336 e. The molecule has 2 aromatic rings. The van der Waals surface area contributed by atoms with E-state index >= 15 is 0 Å². The molecule has 23 heavy (non-hydrogen) atoms. The Labute approximate surface area is 134 Å². The highest BCUT2D eigenvalue weighted by molar-refractivity contribution is 5.78. The number of aromatic nitrogens is 3. The van der Waals surface area contributed by atoms with Gasteiger partial charge in [0.25, 0.3) is 5.56 Å². The zero-order valence-electron chi connectivity index (χ0n) is 13.5. The lowest BCUT2D eigenvalue weighted by Gasteiger charge is -2.39. The molecule has 1 saturated heterocycles. The number of carbonyl (C=O) groups is 1. The molecular formula is C16H21N5O2. The van der Waals surface area contributed by atoms with Crippen LogP contribution in [0.25, 0.3) is 10.9 Å². The quantitative estimate of drug-likeness (QED) is 0.817. The van der Waals surface area contributed by atoms with Gasteiger partial charge in [-0.1, -0.05) is 24.3 Å². The molecule has 1 aromatic carbocycles. The molecule has 7 heteroatoms. The van der Waals surface area contributed by atoms with E-state index in [2.05, 4.69) is 22.1 Å². The number of benzene rings is 1. The Morgan fingerprint density at radius 3 is 2.83 bits per heavy atom. The van der Waals surface area contributed by atoms with Crippen molar-refractivity contribution >= 4 is 16.8 Å². The third-order valence-corrected chi connectivity index (χ3v) is 4.39. The number of carbonyl (C=O) groups excluding carboxylic acids is 1. The first kappa shape index (κ1) is 15.6. The second-order valence-electron chi connectivity index (χ2n) is 5.90. The molecule has 0 saturated carbocycles. The maximum atomic E-state index is 12.5. The fraction of sp³-hybridized carbons (Fsp3) is 0.500. The predicted molar refractivity (Wildman–Crippen MR) is 87.1 cm³/mol. The summed E-state index contributed by atoms with van der Waals surface area (Å²) < 4.78 is 1.16. The monoisotopic (exact) mass is 315 g/mol. The van der Waals surface area contributed by atoms with E-state index < -0.39 is 0 Å². The van der Waals surface area contributed by atoms with Gasteiger partial charge in [0.15, 0.2) is 0 Å². The van der Waals surface area contributed by atoms with Gasteiger partial charge in [-0.2, -0.15) is 0 Å². The Morgan fingerprint density at radius 1 is 1.30 bits per heavy atom. The number of piperazine rings is 1. The first-order valence-corrected chi connectivity index (χ1v) is 7.94. The van der Waals surface area contributed by atoms with Crippen LogP contribution in [-0.4, -0.2) is 62.9 Å². The van der Waals surface area contributed by atoms with E-state index in [1.165, 1.54) is 0 Å². The first-order valence-electron chi connectivity index (χ1n) is 7.94. The molecule has 0 spiro atoms. The fourth-order valence-corrected chi connectivity index (χ4v) is 3.04. The number of amides is 1. The molecule has 0 aliphatic carbocycles. The third-order valence-electron chi connectivity index (χ3n) is 4.39. The average Bonchev–Trinajstić information content (AvgIpc) is 2.57. The summed E-state index contributed by atoms with van der Waals surface area (Å²) >= 11 is 0. The molecule has 122 valence electrons. The van der Waals surface area contributed by atoms with Crippen LogP contribution in [0.15, 0.2) is 29.1 Å². The molecule has 1 atom stereocenters. The third kappa shape index (κ3) is 3.10. The highest BCUT2D eigenvalue weighted by Crippen LogP contribution is 2.10. The van der Waals surface area contributed by atoms with Gasteiger partial charge in [-0.15, -0.1) is 5.10 Å². The van der Waals surface area contributed by atoms with Crippen LogP contribution in [0.5, 0.6) is 0 Å². The molecule has 0 bridgehead atoms. The van der Waals surface area contributed by atoms with Crippen molar-refractivity contribution in [2.75, 3.05) is 26.2 Å². The van der Waals surface area contributed by atoms with E-state index in [9.17, 15) is 9.59 Å². The molecule has 1 fully saturated rings. The smallest absolute Gasteiger partial charge is 0.278 e. The minimum absolute atomic E-state index is 0.0624. The Hall–Kier alpha value is -2.28. The van der Waals surface area contributed by atoms with Crippen molar-refractivity contribution < 1.29 is 4.79 Å². The van der Waals surface area contributed by atoms with Crippen molar-refractivity contribution in [3.8, 4) is 0 Å². The van der Waals surface area contributed by atoms with E-state index in [4.69, 9.17) is 0 Å². The summed E-state index contributed by atoms with van der Waals surface area (Å²) in [5.41, 5.74) is 0.273. The largest absolute Gasteiger partial charge is 0.336 e. The lowest BCUT2D eigenvalue weighted by Crippen LogP contribution is -2.54. The number of hydrogen-bond acceptors (Lipinski definition) is 5. The van der Waals surface area contributed by atoms with Gasteiger partial charge in [0.2, 0.25) is 5.91 Å². The maximum absolute atomic E-state index is 12.5. The van der Waals surface area contributed by atoms with Gasteiger partial charge >= 0.3 is 0 Å². The standard InChI is InChI=1S/C16H21N5O2/c1-3-19-8-9-20(12(2)10-19)15(22)11-21-16(23)13-6-4-5-7-14(13)17-18-21/h4-7,12H,3,8-11H2,1-2H3/t12-/m0/s1. The molecule has 0 radical (unpaired) electrons. The van der Waals surface area contributed by atoms with E-state index in [0.717, 1.165) is 24.3 Å². The van der Waals surface area contributed by atoms with Crippen LogP contribution in [0.4, 0.5) is 0 Å². The van der Waals surface area contributed by atoms with Crippen LogP contribution >= 0.6 is 0 Å². The van der Waals surface area contributed by atoms with Crippen molar-refractivity contribution in [2.24, 2.45) is 0 Å². The summed E-state index contributed by atoms with van der Waals surface area (Å²) in [7, 11) is 0. The van der Waals surface area contributed by atoms with Crippen LogP contribution in [0.2, 0.25) is 0 Å². The number of rotatable bonds is 3. The fourth-order valence-electron chi connectivity index (χ4n) is 3.04. The van der Waals surface area contributed by atoms with Crippen LogP contribution < -0.4 is 5.56 Å².